The number of hydrogen-bond acceptors (Lipinski definition) is 5. The first-order chi connectivity index (χ1) is 18.3. The molecule has 198 valence electrons. The number of ether oxygens (including phenoxy) is 1. The summed E-state index contributed by atoms with van der Waals surface area (Å²) in [5, 5.41) is 17.2. The van der Waals surface area contributed by atoms with Gasteiger partial charge in [-0.3, -0.25) is 9.59 Å². The van der Waals surface area contributed by atoms with Gasteiger partial charge < -0.3 is 25.8 Å². The van der Waals surface area contributed by atoms with Gasteiger partial charge in [-0.15, -0.1) is 0 Å². The van der Waals surface area contributed by atoms with Crippen LogP contribution in [0.1, 0.15) is 36.5 Å². The van der Waals surface area contributed by atoms with E-state index in [1.165, 1.54) is 0 Å². The summed E-state index contributed by atoms with van der Waals surface area (Å²) in [6.07, 6.45) is -0.695. The summed E-state index contributed by atoms with van der Waals surface area (Å²) in [5.41, 5.74) is 5.73. The molecule has 1 aliphatic carbocycles. The summed E-state index contributed by atoms with van der Waals surface area (Å²) in [6, 6.07) is 22.0. The first kappa shape index (κ1) is 27.6. The maximum absolute atomic E-state index is 13.0. The van der Waals surface area contributed by atoms with E-state index in [2.05, 4.69) is 28.1 Å². The molecule has 3 aromatic rings. The fraction of sp³-hybridized carbons (Fsp3) is 0.276. The lowest BCUT2D eigenvalue weighted by molar-refractivity contribution is -0.126. The topological polar surface area (TPSA) is 117 Å². The van der Waals surface area contributed by atoms with Gasteiger partial charge in [-0.25, -0.2) is 4.79 Å². The highest BCUT2D eigenvalue weighted by Gasteiger charge is 2.31. The van der Waals surface area contributed by atoms with Gasteiger partial charge >= 0.3 is 6.09 Å². The van der Waals surface area contributed by atoms with Crippen LogP contribution in [0.15, 0.2) is 72.8 Å². The summed E-state index contributed by atoms with van der Waals surface area (Å²) in [5.74, 6) is -1.24. The molecule has 0 fully saturated rings. The number of carbonyl (C=O) groups is 3. The molecular formula is C29H30IN3O5. The monoisotopic (exact) mass is 627 g/mol. The van der Waals surface area contributed by atoms with E-state index in [0.29, 0.717) is 5.69 Å². The number of benzene rings is 3. The van der Waals surface area contributed by atoms with E-state index >= 15 is 0 Å². The number of alkyl carbamates (subject to hydrolysis) is 1. The number of carbonyl (C=O) groups excluding carboxylic acids is 3. The smallest absolute Gasteiger partial charge is 0.407 e. The van der Waals surface area contributed by atoms with Crippen molar-refractivity contribution in [2.24, 2.45) is 5.92 Å². The Bertz CT molecular complexity index is 1270. The molecule has 0 aliphatic heterocycles. The van der Waals surface area contributed by atoms with Crippen molar-refractivity contribution in [2.75, 3.05) is 11.9 Å². The van der Waals surface area contributed by atoms with Crippen LogP contribution in [0.3, 0.4) is 0 Å². The van der Waals surface area contributed by atoms with Crippen LogP contribution in [0.4, 0.5) is 10.5 Å². The average Bonchev–Trinajstić information content (AvgIpc) is 3.24. The summed E-state index contributed by atoms with van der Waals surface area (Å²) >= 11 is 1.83. The number of fused-ring (bicyclic) bond motifs is 3. The fourth-order valence-electron chi connectivity index (χ4n) is 4.48. The van der Waals surface area contributed by atoms with Crippen LogP contribution in [0.5, 0.6) is 0 Å². The van der Waals surface area contributed by atoms with Gasteiger partial charge in [-0.1, -0.05) is 74.5 Å². The van der Waals surface area contributed by atoms with Gasteiger partial charge in [0.25, 0.3) is 5.91 Å². The lowest BCUT2D eigenvalue weighted by Gasteiger charge is -2.23. The first-order valence-corrected chi connectivity index (χ1v) is 13.6. The third kappa shape index (κ3) is 6.33. The van der Waals surface area contributed by atoms with Crippen molar-refractivity contribution >= 4 is 46.2 Å². The minimum atomic E-state index is -0.889. The lowest BCUT2D eigenvalue weighted by Crippen LogP contribution is -2.53. The van der Waals surface area contributed by atoms with Gasteiger partial charge in [-0.2, -0.15) is 0 Å². The van der Waals surface area contributed by atoms with Gasteiger partial charge in [0.1, 0.15) is 12.6 Å². The Morgan fingerprint density at radius 1 is 0.868 bits per heavy atom. The van der Waals surface area contributed by atoms with Gasteiger partial charge in [0.15, 0.2) is 4.05 Å². The molecule has 0 unspecified atom stereocenters. The molecule has 2 atom stereocenters. The summed E-state index contributed by atoms with van der Waals surface area (Å²) in [6.45, 7) is 3.66. The van der Waals surface area contributed by atoms with E-state index in [1.807, 2.05) is 59.0 Å². The molecule has 38 heavy (non-hydrogen) atoms. The molecule has 4 N–H and O–H groups in total. The Labute approximate surface area is 235 Å². The van der Waals surface area contributed by atoms with Crippen LogP contribution < -0.4 is 16.0 Å². The molecule has 0 bridgehead atoms. The SMILES string of the molecule is CC(C)[C@H](NC(=O)OCC1c2ccccc2-c2ccccc21)C(=O)N[C@@H](I)C(=O)Nc1ccc(CO)cc1. The molecule has 3 amide bonds. The van der Waals surface area contributed by atoms with E-state index in [9.17, 15) is 14.4 Å². The van der Waals surface area contributed by atoms with Crippen LogP contribution in [0, 0.1) is 5.92 Å². The van der Waals surface area contributed by atoms with Crippen LogP contribution in [-0.2, 0) is 20.9 Å². The number of aliphatic hydroxyl groups is 1. The molecule has 9 heteroatoms. The molecular weight excluding hydrogens is 597 g/mol. The van der Waals surface area contributed by atoms with E-state index in [1.54, 1.807) is 38.1 Å². The maximum Gasteiger partial charge on any atom is 0.407 e. The number of anilines is 1. The van der Waals surface area contributed by atoms with Gasteiger partial charge in [0.2, 0.25) is 5.91 Å². The van der Waals surface area contributed by atoms with Crippen LogP contribution in [-0.4, -0.2) is 39.7 Å². The van der Waals surface area contributed by atoms with Gasteiger partial charge in [0.05, 0.1) is 6.61 Å². The number of amides is 3. The van der Waals surface area contributed by atoms with E-state index in [4.69, 9.17) is 9.84 Å². The largest absolute Gasteiger partial charge is 0.449 e. The van der Waals surface area contributed by atoms with Crippen molar-refractivity contribution in [3.63, 3.8) is 0 Å². The number of nitrogens with one attached hydrogen (secondary N) is 3. The number of hydrogen-bond donors (Lipinski definition) is 4. The third-order valence-electron chi connectivity index (χ3n) is 6.47. The normalized spacial score (nSPS) is 13.7. The molecule has 8 nitrogen and oxygen atoms in total. The zero-order chi connectivity index (χ0) is 27.2. The molecule has 0 aromatic heterocycles. The first-order valence-electron chi connectivity index (χ1n) is 12.3. The second-order valence-corrected chi connectivity index (χ2v) is 10.7. The summed E-state index contributed by atoms with van der Waals surface area (Å²) in [4.78, 5) is 38.3. The molecule has 0 heterocycles. The van der Waals surface area contributed by atoms with E-state index in [-0.39, 0.29) is 25.0 Å². The highest BCUT2D eigenvalue weighted by molar-refractivity contribution is 14.1. The van der Waals surface area contributed by atoms with Gasteiger partial charge in [0, 0.05) is 11.6 Å². The fourth-order valence-corrected chi connectivity index (χ4v) is 4.94. The highest BCUT2D eigenvalue weighted by Crippen LogP contribution is 2.44. The predicted octanol–water partition coefficient (Wildman–Crippen LogP) is 4.56. The van der Waals surface area contributed by atoms with Crippen molar-refractivity contribution in [2.45, 2.75) is 36.5 Å². The molecule has 1 aliphatic rings. The molecule has 0 spiro atoms. The Hall–Kier alpha value is -3.44. The highest BCUT2D eigenvalue weighted by atomic mass is 127. The quantitative estimate of drug-likeness (QED) is 0.158. The van der Waals surface area contributed by atoms with E-state index < -0.39 is 28.0 Å². The standard InChI is InChI=1S/C29H30IN3O5/c1-17(2)25(27(35)33-26(30)28(36)31-19-13-11-18(15-34)12-14-19)32-29(37)38-16-24-22-9-5-3-7-20(22)21-8-4-6-10-23(21)24/h3-14,17,24-26,34H,15-16H2,1-2H3,(H,31,36)(H,32,37)(H,33,35)/t25-,26+/m0/s1. The van der Waals surface area contributed by atoms with Crippen molar-refractivity contribution in [1.29, 1.82) is 0 Å². The Balaban J connectivity index is 1.33. The molecule has 0 radical (unpaired) electrons. The predicted molar refractivity (Wildman–Crippen MR) is 154 cm³/mol. The van der Waals surface area contributed by atoms with Crippen molar-refractivity contribution in [1.82, 2.24) is 10.6 Å². The van der Waals surface area contributed by atoms with E-state index in [0.717, 1.165) is 27.8 Å². The van der Waals surface area contributed by atoms with Gasteiger partial charge in [-0.05, 0) is 68.5 Å². The summed E-state index contributed by atoms with van der Waals surface area (Å²) in [7, 11) is 0. The third-order valence-corrected chi connectivity index (χ3v) is 7.35. The number of halogens is 1. The van der Waals surface area contributed by atoms with Crippen molar-refractivity contribution < 1.29 is 24.2 Å². The molecule has 0 saturated carbocycles. The number of rotatable bonds is 9. The van der Waals surface area contributed by atoms with Crippen LogP contribution >= 0.6 is 22.6 Å². The zero-order valence-corrected chi connectivity index (χ0v) is 23.3. The number of aliphatic hydroxyl groups excluding tert-OH is 1. The average molecular weight is 627 g/mol. The van der Waals surface area contributed by atoms with Crippen molar-refractivity contribution in [3.8, 4) is 11.1 Å². The summed E-state index contributed by atoms with van der Waals surface area (Å²) < 4.78 is 4.72. The van der Waals surface area contributed by atoms with Crippen LogP contribution in [0.2, 0.25) is 0 Å². The van der Waals surface area contributed by atoms with Crippen molar-refractivity contribution in [3.05, 3.63) is 89.5 Å². The lowest BCUT2D eigenvalue weighted by atomic mass is 9.98. The maximum atomic E-state index is 13.0. The Morgan fingerprint density at radius 2 is 1.45 bits per heavy atom. The second-order valence-electron chi connectivity index (χ2n) is 9.41. The second kappa shape index (κ2) is 12.4. The minimum absolute atomic E-state index is 0.0895. The molecule has 0 saturated heterocycles. The minimum Gasteiger partial charge on any atom is -0.449 e. The van der Waals surface area contributed by atoms with Crippen LogP contribution in [0.25, 0.3) is 11.1 Å². The number of alkyl halides is 1. The Morgan fingerprint density at radius 3 is 2.00 bits per heavy atom. The Kier molecular flexibility index (Phi) is 9.01. The zero-order valence-electron chi connectivity index (χ0n) is 21.1. The molecule has 4 rings (SSSR count). The molecule has 3 aromatic carbocycles.